The van der Waals surface area contributed by atoms with Crippen LogP contribution in [-0.2, 0) is 6.54 Å². The summed E-state index contributed by atoms with van der Waals surface area (Å²) in [6, 6.07) is 18.4. The molecule has 2 aliphatic heterocycles. The van der Waals surface area contributed by atoms with Crippen molar-refractivity contribution in [3.8, 4) is 5.75 Å². The Balaban J connectivity index is 1.46. The van der Waals surface area contributed by atoms with Gasteiger partial charge in [-0.3, -0.25) is 4.90 Å². The molecule has 5 rings (SSSR count). The molecule has 0 saturated carbocycles. The van der Waals surface area contributed by atoms with Gasteiger partial charge in [-0.2, -0.15) is 0 Å². The highest BCUT2D eigenvalue weighted by Crippen LogP contribution is 2.38. The van der Waals surface area contributed by atoms with E-state index in [0.29, 0.717) is 13.2 Å². The van der Waals surface area contributed by atoms with Crippen molar-refractivity contribution in [2.24, 2.45) is 0 Å². The van der Waals surface area contributed by atoms with Crippen LogP contribution in [0.4, 0.5) is 4.79 Å². The molecule has 1 unspecified atom stereocenters. The number of aromatic nitrogens is 1. The zero-order chi connectivity index (χ0) is 21.8. The predicted molar refractivity (Wildman–Crippen MR) is 126 cm³/mol. The number of nitrogens with one attached hydrogen (secondary N) is 1. The van der Waals surface area contributed by atoms with Crippen molar-refractivity contribution in [1.29, 1.82) is 0 Å². The van der Waals surface area contributed by atoms with E-state index in [4.69, 9.17) is 4.74 Å². The zero-order valence-electron chi connectivity index (χ0n) is 18.0. The number of piperidine rings is 1. The molecule has 3 heterocycles. The second kappa shape index (κ2) is 9.71. The van der Waals surface area contributed by atoms with Gasteiger partial charge < -0.3 is 15.0 Å². The third-order valence-corrected chi connectivity index (χ3v) is 6.93. The van der Waals surface area contributed by atoms with E-state index in [-0.39, 0.29) is 18.1 Å². The quantitative estimate of drug-likeness (QED) is 0.647. The average molecular weight is 449 g/mol. The maximum Gasteiger partial charge on any atom is 0.318 e. The first-order valence-electron chi connectivity index (χ1n) is 11.2. The first-order valence-corrected chi connectivity index (χ1v) is 12.2. The van der Waals surface area contributed by atoms with Gasteiger partial charge in [0.15, 0.2) is 0 Å². The number of para-hydroxylation sites is 1. The van der Waals surface area contributed by atoms with Gasteiger partial charge in [-0.05, 0) is 24.5 Å². The van der Waals surface area contributed by atoms with E-state index in [1.807, 2.05) is 41.9 Å². The highest BCUT2D eigenvalue weighted by Gasteiger charge is 2.36. The van der Waals surface area contributed by atoms with Crippen LogP contribution in [-0.4, -0.2) is 53.1 Å². The summed E-state index contributed by atoms with van der Waals surface area (Å²) in [7, 11) is 0. The Hall–Kier alpha value is -2.90. The number of thiazole rings is 1. The summed E-state index contributed by atoms with van der Waals surface area (Å²) in [6.45, 7) is 3.73. The number of fused-ring (bicyclic) bond motifs is 1. The van der Waals surface area contributed by atoms with Crippen molar-refractivity contribution in [3.05, 3.63) is 82.3 Å². The van der Waals surface area contributed by atoms with Gasteiger partial charge in [0.05, 0.1) is 23.8 Å². The van der Waals surface area contributed by atoms with Crippen molar-refractivity contribution in [2.45, 2.75) is 31.5 Å². The Labute approximate surface area is 192 Å². The summed E-state index contributed by atoms with van der Waals surface area (Å²) in [4.78, 5) is 22.4. The van der Waals surface area contributed by atoms with E-state index in [9.17, 15) is 4.79 Å². The molecule has 3 aromatic rings. The predicted octanol–water partition coefficient (Wildman–Crippen LogP) is 4.30. The fraction of sp³-hybridized carbons (Fsp3) is 0.360. The highest BCUT2D eigenvalue weighted by atomic mass is 32.1. The number of carbonyl (C=O) groups is 1. The number of nitrogens with zero attached hydrogens (tertiary/aromatic N) is 3. The maximum absolute atomic E-state index is 13.5. The minimum absolute atomic E-state index is 0.0166. The van der Waals surface area contributed by atoms with E-state index in [1.165, 1.54) is 0 Å². The molecule has 1 atom stereocenters. The summed E-state index contributed by atoms with van der Waals surface area (Å²) in [5.74, 6) is 0.851. The Morgan fingerprint density at radius 1 is 1.06 bits per heavy atom. The van der Waals surface area contributed by atoms with E-state index >= 15 is 0 Å². The lowest BCUT2D eigenvalue weighted by Crippen LogP contribution is -2.52. The van der Waals surface area contributed by atoms with Crippen LogP contribution in [0.2, 0.25) is 0 Å². The number of amides is 2. The van der Waals surface area contributed by atoms with Crippen LogP contribution in [0.25, 0.3) is 0 Å². The summed E-state index contributed by atoms with van der Waals surface area (Å²) < 4.78 is 6.06. The lowest BCUT2D eigenvalue weighted by atomic mass is 9.92. The molecule has 0 aliphatic carbocycles. The number of carbonyl (C=O) groups excluding carboxylic acids is 1. The number of benzene rings is 2. The number of urea groups is 1. The Morgan fingerprint density at radius 2 is 1.84 bits per heavy atom. The van der Waals surface area contributed by atoms with Gasteiger partial charge in [0.2, 0.25) is 0 Å². The van der Waals surface area contributed by atoms with Crippen molar-refractivity contribution < 1.29 is 9.53 Å². The van der Waals surface area contributed by atoms with Gasteiger partial charge in [-0.15, -0.1) is 11.3 Å². The SMILES string of the molecule is O=C1NCCOc2ccccc2C(c2ccccc2)N1C1CCN(Cc2cscn2)CC1. The minimum atomic E-state index is -0.194. The lowest BCUT2D eigenvalue weighted by Gasteiger charge is -2.42. The Morgan fingerprint density at radius 3 is 2.62 bits per heavy atom. The molecule has 0 radical (unpaired) electrons. The molecule has 1 N–H and O–H groups in total. The average Bonchev–Trinajstić information content (AvgIpc) is 3.36. The topological polar surface area (TPSA) is 57.7 Å². The molecule has 2 amide bonds. The molecule has 1 fully saturated rings. The molecule has 0 bridgehead atoms. The molecular formula is C25H28N4O2S. The van der Waals surface area contributed by atoms with Gasteiger partial charge >= 0.3 is 6.03 Å². The highest BCUT2D eigenvalue weighted by molar-refractivity contribution is 7.07. The fourth-order valence-electron chi connectivity index (χ4n) is 4.77. The van der Waals surface area contributed by atoms with Crippen molar-refractivity contribution in [2.75, 3.05) is 26.2 Å². The molecule has 6 nitrogen and oxygen atoms in total. The second-order valence-corrected chi connectivity index (χ2v) is 9.04. The number of ether oxygens (including phenoxy) is 1. The van der Waals surface area contributed by atoms with Gasteiger partial charge in [0, 0.05) is 36.6 Å². The van der Waals surface area contributed by atoms with Gasteiger partial charge in [-0.25, -0.2) is 9.78 Å². The van der Waals surface area contributed by atoms with Crippen molar-refractivity contribution >= 4 is 17.4 Å². The zero-order valence-corrected chi connectivity index (χ0v) is 18.8. The second-order valence-electron chi connectivity index (χ2n) is 8.33. The molecule has 166 valence electrons. The molecule has 1 saturated heterocycles. The number of hydrogen-bond donors (Lipinski definition) is 1. The van der Waals surface area contributed by atoms with Gasteiger partial charge in [-0.1, -0.05) is 48.5 Å². The smallest absolute Gasteiger partial charge is 0.318 e. The van der Waals surface area contributed by atoms with Gasteiger partial charge in [0.25, 0.3) is 0 Å². The van der Waals surface area contributed by atoms with Crippen LogP contribution in [0.3, 0.4) is 0 Å². The summed E-state index contributed by atoms with van der Waals surface area (Å²) in [5, 5.41) is 5.21. The minimum Gasteiger partial charge on any atom is -0.491 e. The monoisotopic (exact) mass is 448 g/mol. The number of rotatable bonds is 4. The van der Waals surface area contributed by atoms with E-state index in [2.05, 4.69) is 43.7 Å². The first kappa shape index (κ1) is 21.0. The largest absolute Gasteiger partial charge is 0.491 e. The summed E-state index contributed by atoms with van der Waals surface area (Å²) >= 11 is 1.64. The van der Waals surface area contributed by atoms with Crippen LogP contribution in [0.1, 0.15) is 35.7 Å². The van der Waals surface area contributed by atoms with Crippen LogP contribution in [0, 0.1) is 0 Å². The number of likely N-dealkylation sites (tertiary alicyclic amines) is 1. The van der Waals surface area contributed by atoms with Crippen LogP contribution < -0.4 is 10.1 Å². The molecular weight excluding hydrogens is 420 g/mol. The standard InChI is InChI=1S/C25H28N4O2S/c30-25-26-12-15-31-23-9-5-4-8-22(23)24(19-6-2-1-3-7-19)29(25)21-10-13-28(14-11-21)16-20-17-32-18-27-20/h1-9,17-18,21,24H,10-16H2,(H,26,30). The molecule has 2 aliphatic rings. The normalized spacial score (nSPS) is 20.4. The molecule has 7 heteroatoms. The number of hydrogen-bond acceptors (Lipinski definition) is 5. The Bertz CT molecular complexity index is 1020. The summed E-state index contributed by atoms with van der Waals surface area (Å²) in [6.07, 6.45) is 1.87. The van der Waals surface area contributed by atoms with Crippen molar-refractivity contribution in [3.63, 3.8) is 0 Å². The third kappa shape index (κ3) is 4.49. The molecule has 0 spiro atoms. The van der Waals surface area contributed by atoms with Crippen LogP contribution >= 0.6 is 11.3 Å². The molecule has 2 aromatic carbocycles. The molecule has 32 heavy (non-hydrogen) atoms. The summed E-state index contributed by atoms with van der Waals surface area (Å²) in [5.41, 5.74) is 5.16. The fourth-order valence-corrected chi connectivity index (χ4v) is 5.32. The van der Waals surface area contributed by atoms with E-state index in [1.54, 1.807) is 11.3 Å². The third-order valence-electron chi connectivity index (χ3n) is 6.30. The van der Waals surface area contributed by atoms with Crippen LogP contribution in [0.15, 0.2) is 65.5 Å². The van der Waals surface area contributed by atoms with Crippen LogP contribution in [0.5, 0.6) is 5.75 Å². The van der Waals surface area contributed by atoms with E-state index in [0.717, 1.165) is 55.0 Å². The molecule has 1 aromatic heterocycles. The Kier molecular flexibility index (Phi) is 6.36. The van der Waals surface area contributed by atoms with Crippen molar-refractivity contribution in [1.82, 2.24) is 20.1 Å². The van der Waals surface area contributed by atoms with Gasteiger partial charge in [0.1, 0.15) is 12.4 Å². The maximum atomic E-state index is 13.5. The van der Waals surface area contributed by atoms with E-state index < -0.39 is 0 Å². The lowest BCUT2D eigenvalue weighted by molar-refractivity contribution is 0.101. The first-order chi connectivity index (χ1) is 15.8.